The van der Waals surface area contributed by atoms with Gasteiger partial charge in [-0.3, -0.25) is 4.68 Å². The molecule has 0 radical (unpaired) electrons. The Morgan fingerprint density at radius 2 is 2.08 bits per heavy atom. The summed E-state index contributed by atoms with van der Waals surface area (Å²) in [7, 11) is 1.81. The van der Waals surface area contributed by atoms with Crippen molar-refractivity contribution in [3.05, 3.63) is 40.8 Å². The average Bonchev–Trinajstić information content (AvgIpc) is 2.94. The zero-order valence-corrected chi connectivity index (χ0v) is 13.9. The number of halogens is 4. The lowest BCUT2D eigenvalue weighted by Crippen LogP contribution is -2.48. The van der Waals surface area contributed by atoms with Crippen molar-refractivity contribution in [1.29, 1.82) is 0 Å². The van der Waals surface area contributed by atoms with Crippen LogP contribution in [0.2, 0.25) is 5.02 Å². The number of nitrogens with zero attached hydrogens (tertiary/aromatic N) is 4. The van der Waals surface area contributed by atoms with Crippen molar-refractivity contribution in [3.63, 3.8) is 0 Å². The molecule has 0 aliphatic carbocycles. The third-order valence-electron chi connectivity index (χ3n) is 4.04. The summed E-state index contributed by atoms with van der Waals surface area (Å²) in [6.45, 7) is 3.23. The van der Waals surface area contributed by atoms with E-state index in [-0.39, 0.29) is 5.02 Å². The molecule has 1 aliphatic rings. The van der Waals surface area contributed by atoms with Gasteiger partial charge < -0.3 is 9.64 Å². The molecule has 0 N–H and O–H groups in total. The van der Waals surface area contributed by atoms with E-state index < -0.39 is 17.3 Å². The fourth-order valence-electron chi connectivity index (χ4n) is 2.74. The van der Waals surface area contributed by atoms with Gasteiger partial charge in [-0.1, -0.05) is 11.6 Å². The maximum atomic E-state index is 12.7. The van der Waals surface area contributed by atoms with E-state index >= 15 is 0 Å². The summed E-state index contributed by atoms with van der Waals surface area (Å²) >= 11 is 6.05. The molecule has 0 amide bonds. The van der Waals surface area contributed by atoms with E-state index in [9.17, 15) is 13.2 Å². The minimum atomic E-state index is -4.47. The molecule has 0 aromatic carbocycles. The fourth-order valence-corrected chi connectivity index (χ4v) is 3.02. The molecule has 1 unspecified atom stereocenters. The number of anilines is 1. The van der Waals surface area contributed by atoms with Crippen molar-refractivity contribution in [1.82, 2.24) is 14.8 Å². The number of aromatic nitrogens is 3. The van der Waals surface area contributed by atoms with Gasteiger partial charge in [-0.05, 0) is 13.0 Å². The van der Waals surface area contributed by atoms with E-state index in [2.05, 4.69) is 10.1 Å². The molecular formula is C15H16ClF3N4O. The lowest BCUT2D eigenvalue weighted by Gasteiger charge is -2.40. The highest BCUT2D eigenvalue weighted by Crippen LogP contribution is 2.36. The molecule has 0 bridgehead atoms. The zero-order chi connectivity index (χ0) is 17.5. The van der Waals surface area contributed by atoms with Gasteiger partial charge in [0.2, 0.25) is 0 Å². The molecular weight excluding hydrogens is 345 g/mol. The molecule has 2 aromatic rings. The third-order valence-corrected chi connectivity index (χ3v) is 4.32. The van der Waals surface area contributed by atoms with E-state index in [1.807, 2.05) is 25.1 Å². The molecule has 130 valence electrons. The Morgan fingerprint density at radius 1 is 1.33 bits per heavy atom. The van der Waals surface area contributed by atoms with Gasteiger partial charge in [0.05, 0.1) is 29.9 Å². The van der Waals surface area contributed by atoms with Crippen LogP contribution in [0.25, 0.3) is 0 Å². The molecule has 1 atom stereocenters. The lowest BCUT2D eigenvalue weighted by atomic mass is 9.97. The van der Waals surface area contributed by atoms with E-state index in [0.717, 1.165) is 17.8 Å². The molecule has 5 nitrogen and oxygen atoms in total. The molecule has 9 heteroatoms. The number of ether oxygens (including phenoxy) is 1. The normalized spacial score (nSPS) is 22.0. The van der Waals surface area contributed by atoms with Gasteiger partial charge >= 0.3 is 6.18 Å². The number of hydrogen-bond donors (Lipinski definition) is 0. The van der Waals surface area contributed by atoms with E-state index in [0.29, 0.717) is 25.5 Å². The van der Waals surface area contributed by atoms with Crippen molar-refractivity contribution >= 4 is 17.4 Å². The smallest absolute Gasteiger partial charge is 0.367 e. The number of rotatable bonds is 2. The van der Waals surface area contributed by atoms with Gasteiger partial charge in [-0.15, -0.1) is 0 Å². The van der Waals surface area contributed by atoms with Crippen molar-refractivity contribution in [2.24, 2.45) is 7.05 Å². The van der Waals surface area contributed by atoms with Crippen LogP contribution in [0.5, 0.6) is 0 Å². The first-order valence-corrected chi connectivity index (χ1v) is 7.68. The Hall–Kier alpha value is -1.80. The first kappa shape index (κ1) is 17.0. The molecule has 1 aliphatic heterocycles. The van der Waals surface area contributed by atoms with E-state index in [1.54, 1.807) is 10.9 Å². The molecule has 1 fully saturated rings. The summed E-state index contributed by atoms with van der Waals surface area (Å²) < 4.78 is 45.8. The van der Waals surface area contributed by atoms with Crippen LogP contribution in [-0.2, 0) is 23.6 Å². The van der Waals surface area contributed by atoms with Crippen molar-refractivity contribution in [3.8, 4) is 0 Å². The Balaban J connectivity index is 1.87. The van der Waals surface area contributed by atoms with Gasteiger partial charge in [0.25, 0.3) is 0 Å². The lowest BCUT2D eigenvalue weighted by molar-refractivity contribution is -0.137. The number of pyridine rings is 1. The topological polar surface area (TPSA) is 43.2 Å². The van der Waals surface area contributed by atoms with Crippen LogP contribution in [0.15, 0.2) is 24.7 Å². The first-order chi connectivity index (χ1) is 11.2. The molecule has 3 rings (SSSR count). The second kappa shape index (κ2) is 5.93. The molecule has 1 saturated heterocycles. The molecule has 2 aromatic heterocycles. The summed E-state index contributed by atoms with van der Waals surface area (Å²) in [5.41, 5.74) is -0.613. The highest BCUT2D eigenvalue weighted by atomic mass is 35.5. The second-order valence-corrected chi connectivity index (χ2v) is 6.34. The minimum absolute atomic E-state index is 0.0275. The number of aryl methyl sites for hydroxylation is 1. The van der Waals surface area contributed by atoms with Gasteiger partial charge in [0.15, 0.2) is 0 Å². The van der Waals surface area contributed by atoms with Crippen LogP contribution in [0, 0.1) is 0 Å². The Labute approximate surface area is 142 Å². The first-order valence-electron chi connectivity index (χ1n) is 7.30. The van der Waals surface area contributed by atoms with Crippen LogP contribution in [0.3, 0.4) is 0 Å². The predicted octanol–water partition coefficient (Wildman–Crippen LogP) is 3.24. The Bertz CT molecular complexity index is 749. The quantitative estimate of drug-likeness (QED) is 0.824. The van der Waals surface area contributed by atoms with Crippen LogP contribution in [-0.4, -0.2) is 34.5 Å². The minimum Gasteiger partial charge on any atom is -0.367 e. The largest absolute Gasteiger partial charge is 0.417 e. The summed E-state index contributed by atoms with van der Waals surface area (Å²) in [6, 6.07) is 0.904. The van der Waals surface area contributed by atoms with Crippen LogP contribution >= 0.6 is 11.6 Å². The van der Waals surface area contributed by atoms with Gasteiger partial charge in [-0.2, -0.15) is 18.3 Å². The number of morpholine rings is 1. The van der Waals surface area contributed by atoms with Crippen LogP contribution in [0.1, 0.15) is 18.1 Å². The Kier molecular flexibility index (Phi) is 4.21. The maximum Gasteiger partial charge on any atom is 0.417 e. The van der Waals surface area contributed by atoms with E-state index in [1.165, 1.54) is 0 Å². The highest BCUT2D eigenvalue weighted by Gasteiger charge is 2.37. The maximum absolute atomic E-state index is 12.7. The zero-order valence-electron chi connectivity index (χ0n) is 13.1. The monoisotopic (exact) mass is 360 g/mol. The van der Waals surface area contributed by atoms with Gasteiger partial charge in [0, 0.05) is 31.5 Å². The van der Waals surface area contributed by atoms with Gasteiger partial charge in [-0.25, -0.2) is 4.98 Å². The standard InChI is InChI=1S/C15H16ClF3N4O/c1-14(11-7-21-22(2)8-11)9-23(3-4-24-14)13-12(16)5-10(6-20-13)15(17,18)19/h5-8H,3-4,9H2,1-2H3. The molecule has 0 saturated carbocycles. The fraction of sp³-hybridized carbons (Fsp3) is 0.467. The number of hydrogen-bond acceptors (Lipinski definition) is 4. The molecule has 0 spiro atoms. The van der Waals surface area contributed by atoms with Crippen molar-refractivity contribution < 1.29 is 17.9 Å². The van der Waals surface area contributed by atoms with Crippen LogP contribution < -0.4 is 4.90 Å². The number of alkyl halides is 3. The van der Waals surface area contributed by atoms with Gasteiger partial charge in [0.1, 0.15) is 11.4 Å². The molecule has 3 heterocycles. The Morgan fingerprint density at radius 3 is 2.67 bits per heavy atom. The average molecular weight is 361 g/mol. The van der Waals surface area contributed by atoms with Crippen molar-refractivity contribution in [2.45, 2.75) is 18.7 Å². The van der Waals surface area contributed by atoms with Crippen LogP contribution in [0.4, 0.5) is 19.0 Å². The predicted molar refractivity (Wildman–Crippen MR) is 83.0 cm³/mol. The molecule has 24 heavy (non-hydrogen) atoms. The van der Waals surface area contributed by atoms with E-state index in [4.69, 9.17) is 16.3 Å². The van der Waals surface area contributed by atoms with Crippen molar-refractivity contribution in [2.75, 3.05) is 24.6 Å². The third kappa shape index (κ3) is 3.21. The SMILES string of the molecule is Cn1cc(C2(C)CN(c3ncc(C(F)(F)F)cc3Cl)CCO2)cn1. The second-order valence-electron chi connectivity index (χ2n) is 5.93. The summed E-state index contributed by atoms with van der Waals surface area (Å²) in [5, 5.41) is 4.11. The summed E-state index contributed by atoms with van der Waals surface area (Å²) in [4.78, 5) is 5.76. The summed E-state index contributed by atoms with van der Waals surface area (Å²) in [5.74, 6) is 0.322. The summed E-state index contributed by atoms with van der Waals surface area (Å²) in [6.07, 6.45) is -0.0982. The highest BCUT2D eigenvalue weighted by molar-refractivity contribution is 6.33.